The molecule has 0 saturated carbocycles. The van der Waals surface area contributed by atoms with Crippen LogP contribution in [0.15, 0.2) is 56.6 Å². The smallest absolute Gasteiger partial charge is 0.233 e. The van der Waals surface area contributed by atoms with E-state index in [1.165, 1.54) is 72.1 Å². The summed E-state index contributed by atoms with van der Waals surface area (Å²) in [4.78, 5) is 73.1. The number of ether oxygens (including phenoxy) is 3. The van der Waals surface area contributed by atoms with E-state index < -0.39 is 126 Å². The van der Waals surface area contributed by atoms with Crippen molar-refractivity contribution >= 4 is 86.0 Å². The van der Waals surface area contributed by atoms with Gasteiger partial charge >= 0.3 is 0 Å². The van der Waals surface area contributed by atoms with E-state index in [1.54, 1.807) is 0 Å². The van der Waals surface area contributed by atoms with Crippen molar-refractivity contribution in [1.82, 2.24) is 33.6 Å². The van der Waals surface area contributed by atoms with Gasteiger partial charge in [0.2, 0.25) is 17.7 Å². The lowest BCUT2D eigenvalue weighted by molar-refractivity contribution is -0.115. The highest BCUT2D eigenvalue weighted by Gasteiger charge is 2.56. The van der Waals surface area contributed by atoms with Crippen LogP contribution in [0.2, 0.25) is 0 Å². The SMILES string of the molecule is C[C@]1(O)C(n2cc3c(=O)cc(O)nc4c3c2N=CN4)O[C@H](CO)[C@H]1O.C[C@]1(O)C(n2cc3c(=O)cc(O)nc4c3c2N=CN4)O[C@H](CO)[C@H]1O.C[C@]1(O)C(n2cc3c4c(ncnc42)NC(=O)CC3=O)O[C@H](CO)[C@H]1O. The summed E-state index contributed by atoms with van der Waals surface area (Å²) in [7, 11) is 0. The molecule has 0 aromatic carbocycles. The molecule has 3 saturated heterocycles. The van der Waals surface area contributed by atoms with Crippen molar-refractivity contribution in [3.05, 3.63) is 63.1 Å². The predicted octanol–water partition coefficient (Wildman–Crippen LogP) is -2.66. The van der Waals surface area contributed by atoms with Crippen molar-refractivity contribution in [2.45, 2.75) is 99.3 Å². The normalized spacial score (nSPS) is 31.1. The fourth-order valence-corrected chi connectivity index (χ4v) is 9.96. The maximum Gasteiger partial charge on any atom is 0.233 e. The van der Waals surface area contributed by atoms with Gasteiger partial charge < -0.3 is 100 Å². The lowest BCUT2D eigenvalue weighted by Gasteiger charge is -2.28. The fourth-order valence-electron chi connectivity index (χ4n) is 9.96. The number of ketones is 1. The van der Waals surface area contributed by atoms with Crippen molar-refractivity contribution < 1.29 is 80.0 Å². The van der Waals surface area contributed by atoms with Crippen LogP contribution in [-0.4, -0.2) is 187 Å². The van der Waals surface area contributed by atoms with Gasteiger partial charge in [0, 0.05) is 36.3 Å². The number of aromatic hydroxyl groups is 2. The third-order valence-corrected chi connectivity index (χ3v) is 13.8. The van der Waals surface area contributed by atoms with Gasteiger partial charge in [-0.1, -0.05) is 0 Å². The predicted molar refractivity (Wildman–Crippen MR) is 257 cm³/mol. The molecule has 30 nitrogen and oxygen atoms in total. The van der Waals surface area contributed by atoms with E-state index in [4.69, 9.17) is 14.2 Å². The average molecular weight is 1040 g/mol. The fraction of sp³-hybridized carbons (Fsp3) is 0.422. The van der Waals surface area contributed by atoms with E-state index in [0.717, 1.165) is 12.1 Å². The Morgan fingerprint density at radius 2 is 1.04 bits per heavy atom. The first kappa shape index (κ1) is 51.0. The Balaban J connectivity index is 0.000000128. The number of anilines is 3. The molecule has 3 unspecified atom stereocenters. The Hall–Kier alpha value is -7.46. The second kappa shape index (κ2) is 18.4. The van der Waals surface area contributed by atoms with Crippen molar-refractivity contribution in [2.24, 2.45) is 9.98 Å². The van der Waals surface area contributed by atoms with Crippen LogP contribution in [0.25, 0.3) is 32.6 Å². The van der Waals surface area contributed by atoms with Crippen LogP contribution < -0.4 is 26.8 Å². The quantitative estimate of drug-likeness (QED) is 0.0757. The number of hydrogen-bond acceptors (Lipinski definition) is 26. The molecule has 0 aliphatic carbocycles. The van der Waals surface area contributed by atoms with E-state index in [-0.39, 0.29) is 57.5 Å². The maximum absolute atomic E-state index is 12.4. The summed E-state index contributed by atoms with van der Waals surface area (Å²) in [5, 5.41) is 119. The number of nitrogens with zero attached hydrogens (tertiary/aromatic N) is 9. The average Bonchev–Trinajstić information content (AvgIpc) is 4.14. The Bertz CT molecular complexity index is 3370. The molecule has 6 aromatic heterocycles. The molecule has 3 fully saturated rings. The number of amides is 1. The first-order chi connectivity index (χ1) is 35.5. The van der Waals surface area contributed by atoms with Crippen molar-refractivity contribution in [3.8, 4) is 11.8 Å². The summed E-state index contributed by atoms with van der Waals surface area (Å²) in [6.07, 6.45) is -2.34. The van der Waals surface area contributed by atoms with Gasteiger partial charge in [0.15, 0.2) is 35.3 Å². The minimum Gasteiger partial charge on any atom is -0.493 e. The Morgan fingerprint density at radius 1 is 0.613 bits per heavy atom. The molecule has 6 aliphatic heterocycles. The number of nitrogens with one attached hydrogen (secondary N) is 3. The highest BCUT2D eigenvalue weighted by Crippen LogP contribution is 2.47. The molecule has 14 N–H and O–H groups in total. The third-order valence-electron chi connectivity index (χ3n) is 13.8. The van der Waals surface area contributed by atoms with E-state index in [9.17, 15) is 75.3 Å². The Kier molecular flexibility index (Phi) is 12.5. The van der Waals surface area contributed by atoms with Crippen molar-refractivity contribution in [1.29, 1.82) is 0 Å². The van der Waals surface area contributed by atoms with Gasteiger partial charge in [0.25, 0.3) is 0 Å². The molecule has 0 spiro atoms. The number of aliphatic imine (C=N–C) groups is 2. The van der Waals surface area contributed by atoms with Crippen LogP contribution in [0.4, 0.5) is 29.1 Å². The van der Waals surface area contributed by atoms with Crippen molar-refractivity contribution in [3.63, 3.8) is 0 Å². The summed E-state index contributed by atoms with van der Waals surface area (Å²) >= 11 is 0. The van der Waals surface area contributed by atoms with Crippen LogP contribution in [0.1, 0.15) is 56.2 Å². The number of aliphatic hydroxyl groups is 9. The zero-order valence-electron chi connectivity index (χ0n) is 39.4. The van der Waals surface area contributed by atoms with Crippen LogP contribution >= 0.6 is 0 Å². The number of aliphatic hydroxyl groups excluding tert-OH is 6. The van der Waals surface area contributed by atoms with Gasteiger partial charge in [-0.15, -0.1) is 0 Å². The Morgan fingerprint density at radius 3 is 1.45 bits per heavy atom. The van der Waals surface area contributed by atoms with Crippen LogP contribution in [-0.2, 0) is 19.0 Å². The second-order valence-electron chi connectivity index (χ2n) is 18.9. The molecule has 75 heavy (non-hydrogen) atoms. The second-order valence-corrected chi connectivity index (χ2v) is 18.9. The standard InChI is InChI=1S/3C15H16N4O6/c3*1-15(24)11(23)8(4-20)25-14(15)19-3-6-7(21)2-9(22)18-12-10(6)13(19)17-5-16-12/h3,5,8,11,14,20,23-24H,2,4H2,1H3,(H,16,17,18,22);2*2-3,5,8,11,14,20,22-24H,4H2,1H3,(H,16,17,18)/t3*8-,11-,14?,15-/m111/s1. The number of Topliss-reactive ketones (excluding diaryl/α,β-unsaturated/α-hetero) is 1. The minimum atomic E-state index is -1.72. The topological polar surface area (TPSA) is 446 Å². The zero-order valence-corrected chi connectivity index (χ0v) is 39.4. The molecular weight excluding hydrogens is 997 g/mol. The summed E-state index contributed by atoms with van der Waals surface area (Å²) < 4.78 is 21.0. The Labute approximate surface area is 418 Å². The van der Waals surface area contributed by atoms with Crippen LogP contribution in [0, 0.1) is 0 Å². The number of aromatic nitrogens is 7. The number of carbonyl (C=O) groups is 2. The van der Waals surface area contributed by atoms with E-state index in [2.05, 4.69) is 45.9 Å². The molecule has 30 heteroatoms. The van der Waals surface area contributed by atoms with E-state index >= 15 is 0 Å². The lowest BCUT2D eigenvalue weighted by Crippen LogP contribution is -2.44. The molecule has 12 heterocycles. The minimum absolute atomic E-state index is 0.200. The maximum atomic E-state index is 12.4. The molecule has 12 rings (SSSR count). The highest BCUT2D eigenvalue weighted by atomic mass is 16.6. The van der Waals surface area contributed by atoms with E-state index in [1.807, 2.05) is 0 Å². The van der Waals surface area contributed by atoms with Gasteiger partial charge in [-0.25, -0.2) is 20.0 Å². The monoisotopic (exact) mass is 1040 g/mol. The zero-order chi connectivity index (χ0) is 53.8. The summed E-state index contributed by atoms with van der Waals surface area (Å²) in [5.74, 6) is -0.524. The lowest BCUT2D eigenvalue weighted by atomic mass is 9.96. The van der Waals surface area contributed by atoms with Gasteiger partial charge in [-0.2, -0.15) is 9.97 Å². The summed E-state index contributed by atoms with van der Waals surface area (Å²) in [6, 6.07) is 1.96. The summed E-state index contributed by atoms with van der Waals surface area (Å²) in [6.45, 7) is 2.71. The van der Waals surface area contributed by atoms with Crippen molar-refractivity contribution in [2.75, 3.05) is 35.8 Å². The summed E-state index contributed by atoms with van der Waals surface area (Å²) in [5.41, 5.74) is -5.64. The molecule has 6 aliphatic rings. The van der Waals surface area contributed by atoms with E-state index in [0.29, 0.717) is 16.2 Å². The number of rotatable bonds is 6. The highest BCUT2D eigenvalue weighted by molar-refractivity contribution is 6.22. The first-order valence-corrected chi connectivity index (χ1v) is 22.9. The molecule has 0 bridgehead atoms. The van der Waals surface area contributed by atoms with Gasteiger partial charge in [0.05, 0.1) is 65.8 Å². The molecule has 6 aromatic rings. The molecule has 12 atom stereocenters. The third kappa shape index (κ3) is 8.14. The number of carbonyl (C=O) groups excluding carboxylic acids is 2. The molecule has 396 valence electrons. The first-order valence-electron chi connectivity index (χ1n) is 22.9. The van der Waals surface area contributed by atoms with Gasteiger partial charge in [-0.3, -0.25) is 19.2 Å². The molecule has 0 radical (unpaired) electrons. The molecule has 1 amide bonds. The van der Waals surface area contributed by atoms with Crippen LogP contribution in [0.3, 0.4) is 0 Å². The van der Waals surface area contributed by atoms with Gasteiger partial charge in [-0.05, 0) is 20.8 Å². The van der Waals surface area contributed by atoms with Gasteiger partial charge in [0.1, 0.15) is 94.5 Å². The largest absolute Gasteiger partial charge is 0.493 e. The van der Waals surface area contributed by atoms with Crippen LogP contribution in [0.5, 0.6) is 11.8 Å². The molecular formula is C45H48N12O18. The number of hydrogen-bond donors (Lipinski definition) is 14.